The van der Waals surface area contributed by atoms with Crippen molar-refractivity contribution >= 4 is 17.6 Å². The normalized spacial score (nSPS) is 10.3. The van der Waals surface area contributed by atoms with E-state index >= 15 is 0 Å². The lowest BCUT2D eigenvalue weighted by Gasteiger charge is -2.06. The predicted octanol–water partition coefficient (Wildman–Crippen LogP) is 1.48. The fourth-order valence-corrected chi connectivity index (χ4v) is 1.35. The standard InChI is InChI=1S/C11H12FN5O/c1-18-6-9-15-10(13)17-11(16-9)14-8-4-2-7(12)3-5-8/h2-5H,6H2,1H3,(H3,13,14,15,16,17). The number of nitrogens with two attached hydrogens (primary N) is 1. The van der Waals surface area contributed by atoms with Gasteiger partial charge in [0.2, 0.25) is 11.9 Å². The van der Waals surface area contributed by atoms with Gasteiger partial charge in [0.25, 0.3) is 0 Å². The van der Waals surface area contributed by atoms with Gasteiger partial charge in [-0.15, -0.1) is 0 Å². The first-order valence-electron chi connectivity index (χ1n) is 5.19. The van der Waals surface area contributed by atoms with Crippen LogP contribution in [0, 0.1) is 5.82 Å². The zero-order valence-electron chi connectivity index (χ0n) is 9.72. The van der Waals surface area contributed by atoms with Crippen LogP contribution in [0.15, 0.2) is 24.3 Å². The zero-order chi connectivity index (χ0) is 13.0. The van der Waals surface area contributed by atoms with Gasteiger partial charge in [-0.2, -0.15) is 15.0 Å². The minimum Gasteiger partial charge on any atom is -0.377 e. The van der Waals surface area contributed by atoms with Crippen molar-refractivity contribution in [1.82, 2.24) is 15.0 Å². The Morgan fingerprint density at radius 3 is 2.61 bits per heavy atom. The highest BCUT2D eigenvalue weighted by Crippen LogP contribution is 2.14. The molecule has 2 rings (SSSR count). The van der Waals surface area contributed by atoms with Gasteiger partial charge < -0.3 is 15.8 Å². The van der Waals surface area contributed by atoms with Crippen LogP contribution in [0.25, 0.3) is 0 Å². The summed E-state index contributed by atoms with van der Waals surface area (Å²) in [6.45, 7) is 0.241. The average Bonchev–Trinajstić information content (AvgIpc) is 2.32. The first-order chi connectivity index (χ1) is 8.67. The molecule has 7 heteroatoms. The summed E-state index contributed by atoms with van der Waals surface area (Å²) in [6, 6.07) is 5.82. The Morgan fingerprint density at radius 1 is 1.22 bits per heavy atom. The van der Waals surface area contributed by atoms with E-state index < -0.39 is 0 Å². The smallest absolute Gasteiger partial charge is 0.232 e. The number of aromatic nitrogens is 3. The quantitative estimate of drug-likeness (QED) is 0.853. The highest BCUT2D eigenvalue weighted by atomic mass is 19.1. The zero-order valence-corrected chi connectivity index (χ0v) is 9.72. The van der Waals surface area contributed by atoms with Gasteiger partial charge in [0.1, 0.15) is 12.4 Å². The van der Waals surface area contributed by atoms with Crippen molar-refractivity contribution in [2.45, 2.75) is 6.61 Å². The van der Waals surface area contributed by atoms with Gasteiger partial charge in [0.15, 0.2) is 5.82 Å². The molecule has 0 radical (unpaired) electrons. The molecule has 0 spiro atoms. The van der Waals surface area contributed by atoms with Crippen LogP contribution in [0.4, 0.5) is 22.0 Å². The highest BCUT2D eigenvalue weighted by molar-refractivity contribution is 5.53. The number of halogens is 1. The molecular weight excluding hydrogens is 237 g/mol. The summed E-state index contributed by atoms with van der Waals surface area (Å²) in [5, 5.41) is 2.91. The molecule has 0 aliphatic carbocycles. The van der Waals surface area contributed by atoms with E-state index in [1.165, 1.54) is 19.2 Å². The summed E-state index contributed by atoms with van der Waals surface area (Å²) >= 11 is 0. The summed E-state index contributed by atoms with van der Waals surface area (Å²) in [7, 11) is 1.53. The maximum Gasteiger partial charge on any atom is 0.232 e. The first-order valence-corrected chi connectivity index (χ1v) is 5.19. The summed E-state index contributed by atoms with van der Waals surface area (Å²) in [5.74, 6) is 0.508. The van der Waals surface area contributed by atoms with Gasteiger partial charge in [0, 0.05) is 12.8 Å². The molecule has 18 heavy (non-hydrogen) atoms. The van der Waals surface area contributed by atoms with E-state index in [1.807, 2.05) is 0 Å². The maximum absolute atomic E-state index is 12.7. The van der Waals surface area contributed by atoms with Crippen molar-refractivity contribution in [2.75, 3.05) is 18.2 Å². The fraction of sp³-hybridized carbons (Fsp3) is 0.182. The monoisotopic (exact) mass is 249 g/mol. The molecule has 1 aromatic carbocycles. The van der Waals surface area contributed by atoms with Crippen molar-refractivity contribution in [3.63, 3.8) is 0 Å². The number of methoxy groups -OCH3 is 1. The van der Waals surface area contributed by atoms with Crippen LogP contribution in [0.2, 0.25) is 0 Å². The summed E-state index contributed by atoms with van der Waals surface area (Å²) < 4.78 is 17.7. The number of hydrogen-bond donors (Lipinski definition) is 2. The maximum atomic E-state index is 12.7. The summed E-state index contributed by atoms with van der Waals surface area (Å²) in [6.07, 6.45) is 0. The van der Waals surface area contributed by atoms with Crippen molar-refractivity contribution in [2.24, 2.45) is 0 Å². The van der Waals surface area contributed by atoms with Crippen LogP contribution in [-0.2, 0) is 11.3 Å². The molecule has 0 bridgehead atoms. The number of nitrogens with one attached hydrogen (secondary N) is 1. The molecule has 0 aliphatic heterocycles. The number of benzene rings is 1. The van der Waals surface area contributed by atoms with Crippen molar-refractivity contribution < 1.29 is 9.13 Å². The van der Waals surface area contributed by atoms with E-state index in [2.05, 4.69) is 20.3 Å². The number of ether oxygens (including phenoxy) is 1. The Hall–Kier alpha value is -2.28. The van der Waals surface area contributed by atoms with Crippen LogP contribution < -0.4 is 11.1 Å². The van der Waals surface area contributed by atoms with Crippen LogP contribution in [0.1, 0.15) is 5.82 Å². The molecule has 6 nitrogen and oxygen atoms in total. The molecule has 3 N–H and O–H groups in total. The Kier molecular flexibility index (Phi) is 3.63. The molecule has 0 unspecified atom stereocenters. The van der Waals surface area contributed by atoms with Gasteiger partial charge in [-0.05, 0) is 24.3 Å². The van der Waals surface area contributed by atoms with E-state index in [4.69, 9.17) is 10.5 Å². The molecule has 94 valence electrons. The number of nitrogen functional groups attached to an aromatic ring is 1. The van der Waals surface area contributed by atoms with Gasteiger partial charge in [-0.1, -0.05) is 0 Å². The molecule has 2 aromatic rings. The molecule has 0 aliphatic rings. The van der Waals surface area contributed by atoms with Crippen LogP contribution in [0.3, 0.4) is 0 Å². The lowest BCUT2D eigenvalue weighted by Crippen LogP contribution is -2.07. The molecule has 0 atom stereocenters. The largest absolute Gasteiger partial charge is 0.377 e. The van der Waals surface area contributed by atoms with Gasteiger partial charge >= 0.3 is 0 Å². The Bertz CT molecular complexity index is 531. The van der Waals surface area contributed by atoms with Crippen molar-refractivity contribution in [3.05, 3.63) is 35.9 Å². The van der Waals surface area contributed by atoms with Crippen molar-refractivity contribution in [1.29, 1.82) is 0 Å². The minimum absolute atomic E-state index is 0.0988. The minimum atomic E-state index is -0.309. The summed E-state index contributed by atoms with van der Waals surface area (Å²) in [5.41, 5.74) is 6.21. The lowest BCUT2D eigenvalue weighted by atomic mass is 10.3. The molecule has 1 heterocycles. The molecular formula is C11H12FN5O. The third-order valence-corrected chi connectivity index (χ3v) is 2.07. The third kappa shape index (κ3) is 3.11. The van der Waals surface area contributed by atoms with E-state index in [1.54, 1.807) is 12.1 Å². The van der Waals surface area contributed by atoms with Gasteiger partial charge in [0.05, 0.1) is 0 Å². The molecule has 0 saturated carbocycles. The van der Waals surface area contributed by atoms with Crippen LogP contribution in [0.5, 0.6) is 0 Å². The third-order valence-electron chi connectivity index (χ3n) is 2.07. The number of anilines is 3. The Morgan fingerprint density at radius 2 is 1.94 bits per heavy atom. The van der Waals surface area contributed by atoms with Gasteiger partial charge in [-0.3, -0.25) is 0 Å². The topological polar surface area (TPSA) is 86.0 Å². The Balaban J connectivity index is 2.20. The van der Waals surface area contributed by atoms with Crippen LogP contribution in [-0.4, -0.2) is 22.1 Å². The van der Waals surface area contributed by atoms with Crippen LogP contribution >= 0.6 is 0 Å². The number of rotatable bonds is 4. The second-order valence-electron chi connectivity index (χ2n) is 3.50. The second-order valence-corrected chi connectivity index (χ2v) is 3.50. The SMILES string of the molecule is COCc1nc(N)nc(Nc2ccc(F)cc2)n1. The summed E-state index contributed by atoms with van der Waals surface area (Å²) in [4.78, 5) is 11.9. The lowest BCUT2D eigenvalue weighted by molar-refractivity contribution is 0.178. The number of nitrogens with zero attached hydrogens (tertiary/aromatic N) is 3. The molecule has 0 fully saturated rings. The van der Waals surface area contributed by atoms with E-state index in [0.717, 1.165) is 0 Å². The van der Waals surface area contributed by atoms with E-state index in [-0.39, 0.29) is 18.4 Å². The highest BCUT2D eigenvalue weighted by Gasteiger charge is 2.04. The molecule has 1 aromatic heterocycles. The predicted molar refractivity (Wildman–Crippen MR) is 64.6 cm³/mol. The Labute approximate surface area is 103 Å². The molecule has 0 amide bonds. The average molecular weight is 249 g/mol. The fourth-order valence-electron chi connectivity index (χ4n) is 1.35. The van der Waals surface area contributed by atoms with Crippen molar-refractivity contribution in [3.8, 4) is 0 Å². The van der Waals surface area contributed by atoms with E-state index in [9.17, 15) is 4.39 Å². The number of hydrogen-bond acceptors (Lipinski definition) is 6. The van der Waals surface area contributed by atoms with E-state index in [0.29, 0.717) is 17.5 Å². The van der Waals surface area contributed by atoms with Gasteiger partial charge in [-0.25, -0.2) is 4.39 Å². The second kappa shape index (κ2) is 5.37. The first kappa shape index (κ1) is 12.2. The molecule has 0 saturated heterocycles.